The molecule has 5 heteroatoms. The summed E-state index contributed by atoms with van der Waals surface area (Å²) < 4.78 is 8.13. The van der Waals surface area contributed by atoms with Crippen LogP contribution in [0.15, 0.2) is 92.0 Å². The summed E-state index contributed by atoms with van der Waals surface area (Å²) in [6, 6.07) is 24.6. The molecule has 2 aromatic heterocycles. The fraction of sp³-hybridized carbons (Fsp3) is 0. The molecule has 2 nitrogen and oxygen atoms in total. The van der Waals surface area contributed by atoms with Crippen LogP contribution < -0.4 is 4.89 Å². The van der Waals surface area contributed by atoms with Crippen molar-refractivity contribution in [3.63, 3.8) is 0 Å². The van der Waals surface area contributed by atoms with Crippen LogP contribution in [0.1, 0.15) is 0 Å². The lowest BCUT2D eigenvalue weighted by molar-refractivity contribution is 0.467. The highest BCUT2D eigenvalue weighted by molar-refractivity contribution is 8.34. The molecule has 0 unspecified atom stereocenters. The van der Waals surface area contributed by atoms with Crippen molar-refractivity contribution in [2.45, 2.75) is 8.42 Å². The molecule has 1 aliphatic heterocycles. The van der Waals surface area contributed by atoms with E-state index in [1.54, 1.807) is 22.7 Å². The Morgan fingerprint density at radius 2 is 1.10 bits per heavy atom. The van der Waals surface area contributed by atoms with Crippen molar-refractivity contribution in [1.82, 2.24) is 4.89 Å². The van der Waals surface area contributed by atoms with Crippen LogP contribution in [0.3, 0.4) is 0 Å². The minimum absolute atomic E-state index is 1.20. The van der Waals surface area contributed by atoms with Crippen LogP contribution in [0.5, 0.6) is 0 Å². The lowest BCUT2D eigenvalue weighted by atomic mass is 10.5. The van der Waals surface area contributed by atoms with E-state index in [-0.39, 0.29) is 0 Å². The Bertz CT molecular complexity index is 598. The molecule has 0 amide bonds. The van der Waals surface area contributed by atoms with Gasteiger partial charge in [0.05, 0.1) is 8.42 Å². The van der Waals surface area contributed by atoms with Gasteiger partial charge in [0.15, 0.2) is 0 Å². The first-order valence-corrected chi connectivity index (χ1v) is 9.76. The fourth-order valence-corrected chi connectivity index (χ4v) is 6.44. The maximum absolute atomic E-state index is 5.73. The summed E-state index contributed by atoms with van der Waals surface area (Å²) >= 11 is 3.40. The van der Waals surface area contributed by atoms with Crippen LogP contribution >= 0.6 is 33.2 Å². The summed E-state index contributed by atoms with van der Waals surface area (Å²) in [5.74, 6) is 0. The summed E-state index contributed by atoms with van der Waals surface area (Å²) in [7, 11) is -1.51. The van der Waals surface area contributed by atoms with Gasteiger partial charge in [0.2, 0.25) is 0 Å². The van der Waals surface area contributed by atoms with Gasteiger partial charge in [-0.2, -0.15) is 0 Å². The molecule has 1 aliphatic rings. The summed E-state index contributed by atoms with van der Waals surface area (Å²) in [6.07, 6.45) is 0. The van der Waals surface area contributed by atoms with Crippen LogP contribution in [-0.4, -0.2) is 0 Å². The third kappa shape index (κ3) is 3.64. The highest BCUT2D eigenvalue weighted by Gasteiger charge is 2.44. The minimum Gasteiger partial charge on any atom is -0.216 e. The van der Waals surface area contributed by atoms with Crippen molar-refractivity contribution in [3.05, 3.63) is 83.6 Å². The van der Waals surface area contributed by atoms with Crippen LogP contribution in [0.4, 0.5) is 0 Å². The van der Waals surface area contributed by atoms with E-state index in [4.69, 9.17) is 4.28 Å². The Hall–Kier alpha value is -1.37. The maximum Gasteiger partial charge on any atom is 0.0875 e. The Morgan fingerprint density at radius 1 is 0.667 bits per heavy atom. The number of rotatable bonds is 2. The molecule has 3 heterocycles. The Kier molecular flexibility index (Phi) is 4.90. The largest absolute Gasteiger partial charge is 0.216 e. The molecule has 1 saturated heterocycles. The van der Waals surface area contributed by atoms with Gasteiger partial charge in [-0.25, -0.2) is 4.28 Å². The van der Waals surface area contributed by atoms with Gasteiger partial charge in [-0.3, -0.25) is 0 Å². The molecule has 0 radical (unpaired) electrons. The van der Waals surface area contributed by atoms with Crippen molar-refractivity contribution >= 4 is 33.2 Å². The number of nitrogens with one attached hydrogen (secondary N) is 1. The van der Waals surface area contributed by atoms with E-state index in [0.717, 1.165) is 0 Å². The third-order valence-corrected chi connectivity index (χ3v) is 7.91. The van der Waals surface area contributed by atoms with E-state index in [9.17, 15) is 0 Å². The summed E-state index contributed by atoms with van der Waals surface area (Å²) in [4.78, 5) is 3.15. The van der Waals surface area contributed by atoms with Gasteiger partial charge in [0.25, 0.3) is 0 Å². The molecule has 0 aliphatic carbocycles. The molecule has 1 N–H and O–H groups in total. The Labute approximate surface area is 134 Å². The van der Waals surface area contributed by atoms with E-state index in [1.165, 1.54) is 8.42 Å². The summed E-state index contributed by atoms with van der Waals surface area (Å²) in [5, 5.41) is 4.17. The SMILES string of the molecule is c1cccsc(S2(c3cccccccs3)NO2)ccc1. The van der Waals surface area contributed by atoms with Gasteiger partial charge >= 0.3 is 0 Å². The smallest absolute Gasteiger partial charge is 0.0875 e. The molecule has 0 bridgehead atoms. The van der Waals surface area contributed by atoms with Crippen molar-refractivity contribution in [3.8, 4) is 0 Å². The summed E-state index contributed by atoms with van der Waals surface area (Å²) in [5.41, 5.74) is 0. The molecule has 0 atom stereocenters. The first-order valence-electron chi connectivity index (χ1n) is 6.44. The molecule has 2 aromatic rings. The molecular formula is C16H15NOS3. The van der Waals surface area contributed by atoms with Crippen molar-refractivity contribution < 1.29 is 4.28 Å². The topological polar surface area (TPSA) is 34.5 Å². The second kappa shape index (κ2) is 7.06. The quantitative estimate of drug-likeness (QED) is 0.721. The Morgan fingerprint density at radius 3 is 1.57 bits per heavy atom. The van der Waals surface area contributed by atoms with Crippen molar-refractivity contribution in [2.75, 3.05) is 0 Å². The first kappa shape index (κ1) is 14.6. The second-order valence-corrected chi connectivity index (χ2v) is 8.86. The molecule has 21 heavy (non-hydrogen) atoms. The predicted molar refractivity (Wildman–Crippen MR) is 92.2 cm³/mol. The monoisotopic (exact) mass is 333 g/mol. The summed E-state index contributed by atoms with van der Waals surface area (Å²) in [6.45, 7) is 0. The molecule has 3 rings (SSSR count). The van der Waals surface area contributed by atoms with Crippen LogP contribution in [0.2, 0.25) is 0 Å². The average molecular weight is 334 g/mol. The molecule has 1 fully saturated rings. The predicted octanol–water partition coefficient (Wildman–Crippen LogP) is 5.65. The van der Waals surface area contributed by atoms with Gasteiger partial charge < -0.3 is 0 Å². The zero-order chi connectivity index (χ0) is 14.4. The van der Waals surface area contributed by atoms with Gasteiger partial charge in [0, 0.05) is 10.5 Å². The molecule has 0 saturated carbocycles. The third-order valence-electron chi connectivity index (χ3n) is 2.70. The van der Waals surface area contributed by atoms with Crippen molar-refractivity contribution in [2.24, 2.45) is 0 Å². The zero-order valence-corrected chi connectivity index (χ0v) is 13.7. The van der Waals surface area contributed by atoms with Crippen LogP contribution in [-0.2, 0) is 4.28 Å². The van der Waals surface area contributed by atoms with E-state index >= 15 is 0 Å². The number of hydrogen-bond acceptors (Lipinski definition) is 4. The lowest BCUT2D eigenvalue weighted by Gasteiger charge is -2.10. The van der Waals surface area contributed by atoms with Gasteiger partial charge in [-0.15, -0.1) is 27.6 Å². The van der Waals surface area contributed by atoms with Crippen LogP contribution in [0, 0.1) is 0 Å². The van der Waals surface area contributed by atoms with E-state index in [1.807, 2.05) is 48.5 Å². The van der Waals surface area contributed by atoms with Crippen molar-refractivity contribution in [1.29, 1.82) is 0 Å². The lowest BCUT2D eigenvalue weighted by Crippen LogP contribution is -1.83. The normalized spacial score (nSPS) is 16.2. The van der Waals surface area contributed by atoms with E-state index < -0.39 is 10.5 Å². The fourth-order valence-electron chi connectivity index (χ4n) is 1.66. The maximum atomic E-state index is 5.73. The number of hydrogen-bond donors (Lipinski definition) is 1. The molecule has 0 aromatic carbocycles. The van der Waals surface area contributed by atoms with Gasteiger partial charge in [-0.05, 0) is 22.9 Å². The first-order chi connectivity index (χ1) is 10.4. The van der Waals surface area contributed by atoms with Crippen LogP contribution in [0.25, 0.3) is 0 Å². The van der Waals surface area contributed by atoms with E-state index in [2.05, 4.69) is 39.9 Å². The molecule has 108 valence electrons. The van der Waals surface area contributed by atoms with E-state index in [0.29, 0.717) is 0 Å². The van der Waals surface area contributed by atoms with Gasteiger partial charge in [-0.1, -0.05) is 60.7 Å². The second-order valence-electron chi connectivity index (χ2n) is 4.13. The Balaban J connectivity index is 2.11. The van der Waals surface area contributed by atoms with Gasteiger partial charge in [0.1, 0.15) is 0 Å². The average Bonchev–Trinajstić information content (AvgIpc) is 3.24. The highest BCUT2D eigenvalue weighted by Crippen LogP contribution is 2.71. The standard InChI is InChI=1S/C16H15NOS3/c1-3-7-11-15(19-13-9-5-1)21(17-18-21)16-12-8-4-2-6-10-14-20-16/h1-14,17H. The molecule has 0 spiro atoms. The zero-order valence-electron chi connectivity index (χ0n) is 11.2. The highest BCUT2D eigenvalue weighted by atomic mass is 32.3. The minimum atomic E-state index is -1.51. The molecular weight excluding hydrogens is 318 g/mol.